The Morgan fingerprint density at radius 2 is 2.11 bits per heavy atom. The first-order valence-electron chi connectivity index (χ1n) is 6.23. The summed E-state index contributed by atoms with van der Waals surface area (Å²) in [5.41, 5.74) is 1.18. The molecule has 0 radical (unpaired) electrons. The van der Waals surface area contributed by atoms with E-state index in [1.54, 1.807) is 0 Å². The highest BCUT2D eigenvalue weighted by atomic mass is 16.5. The maximum atomic E-state index is 9.24. The molecule has 96 valence electrons. The summed E-state index contributed by atoms with van der Waals surface area (Å²) < 4.78 is 5.20. The van der Waals surface area contributed by atoms with Crippen LogP contribution < -0.4 is 10.1 Å². The lowest BCUT2D eigenvalue weighted by atomic mass is 9.88. The molecular formula is C14H18N2O2. The number of nitrogens with zero attached hydrogens (tertiary/aromatic N) is 1. The molecule has 0 saturated heterocycles. The van der Waals surface area contributed by atoms with Gasteiger partial charge >= 0.3 is 0 Å². The fraction of sp³-hybridized carbons (Fsp3) is 0.500. The number of benzene rings is 1. The van der Waals surface area contributed by atoms with Crippen LogP contribution in [0.5, 0.6) is 5.75 Å². The summed E-state index contributed by atoms with van der Waals surface area (Å²) in [5.74, 6) is 0.714. The van der Waals surface area contributed by atoms with Crippen molar-refractivity contribution in [1.82, 2.24) is 5.32 Å². The summed E-state index contributed by atoms with van der Waals surface area (Å²) in [6.07, 6.45) is 1.55. The second-order valence-electron chi connectivity index (χ2n) is 4.73. The molecule has 4 nitrogen and oxygen atoms in total. The van der Waals surface area contributed by atoms with Crippen LogP contribution in [0.15, 0.2) is 24.3 Å². The summed E-state index contributed by atoms with van der Waals surface area (Å²) in [6.45, 7) is 2.18. The highest BCUT2D eigenvalue weighted by Gasteiger charge is 2.28. The molecule has 0 aromatic heterocycles. The van der Waals surface area contributed by atoms with E-state index in [9.17, 15) is 5.11 Å². The third kappa shape index (κ3) is 3.22. The average molecular weight is 246 g/mol. The van der Waals surface area contributed by atoms with E-state index in [-0.39, 0.29) is 18.8 Å². The first-order valence-corrected chi connectivity index (χ1v) is 6.23. The molecule has 1 fully saturated rings. The SMILES string of the molecule is CC(NC1CC(O)C1)c1ccc(OCC#N)cc1. The van der Waals surface area contributed by atoms with Crippen LogP contribution in [-0.4, -0.2) is 23.9 Å². The summed E-state index contributed by atoms with van der Waals surface area (Å²) in [7, 11) is 0. The predicted octanol–water partition coefficient (Wildman–Crippen LogP) is 1.76. The largest absolute Gasteiger partial charge is 0.479 e. The molecule has 1 unspecified atom stereocenters. The highest BCUT2D eigenvalue weighted by Crippen LogP contribution is 2.24. The van der Waals surface area contributed by atoms with Crippen LogP contribution in [0.3, 0.4) is 0 Å². The fourth-order valence-electron chi connectivity index (χ4n) is 2.14. The van der Waals surface area contributed by atoms with Gasteiger partial charge in [-0.15, -0.1) is 0 Å². The molecule has 1 aliphatic carbocycles. The van der Waals surface area contributed by atoms with E-state index in [0.717, 1.165) is 12.8 Å². The third-order valence-corrected chi connectivity index (χ3v) is 3.28. The van der Waals surface area contributed by atoms with Crippen molar-refractivity contribution in [2.24, 2.45) is 0 Å². The molecule has 1 aromatic rings. The second-order valence-corrected chi connectivity index (χ2v) is 4.73. The van der Waals surface area contributed by atoms with Gasteiger partial charge in [0.05, 0.1) is 6.10 Å². The van der Waals surface area contributed by atoms with Gasteiger partial charge in [-0.25, -0.2) is 0 Å². The molecule has 2 N–H and O–H groups in total. The van der Waals surface area contributed by atoms with E-state index in [1.165, 1.54) is 5.56 Å². The Balaban J connectivity index is 1.86. The van der Waals surface area contributed by atoms with E-state index in [0.29, 0.717) is 11.8 Å². The number of ether oxygens (including phenoxy) is 1. The van der Waals surface area contributed by atoms with Crippen molar-refractivity contribution in [2.75, 3.05) is 6.61 Å². The van der Waals surface area contributed by atoms with Gasteiger partial charge in [-0.3, -0.25) is 0 Å². The zero-order valence-electron chi connectivity index (χ0n) is 10.5. The van der Waals surface area contributed by atoms with Gasteiger partial charge in [0, 0.05) is 12.1 Å². The van der Waals surface area contributed by atoms with Crippen molar-refractivity contribution in [2.45, 2.75) is 38.0 Å². The van der Waals surface area contributed by atoms with E-state index < -0.39 is 0 Å². The van der Waals surface area contributed by atoms with Crippen molar-refractivity contribution in [1.29, 1.82) is 5.26 Å². The smallest absolute Gasteiger partial charge is 0.174 e. The number of hydrogen-bond donors (Lipinski definition) is 2. The maximum Gasteiger partial charge on any atom is 0.174 e. The van der Waals surface area contributed by atoms with Gasteiger partial charge in [-0.1, -0.05) is 12.1 Å². The van der Waals surface area contributed by atoms with Crippen molar-refractivity contribution in [3.05, 3.63) is 29.8 Å². The zero-order chi connectivity index (χ0) is 13.0. The van der Waals surface area contributed by atoms with Crippen LogP contribution in [0.2, 0.25) is 0 Å². The van der Waals surface area contributed by atoms with E-state index in [1.807, 2.05) is 30.3 Å². The maximum absolute atomic E-state index is 9.24. The molecule has 0 bridgehead atoms. The number of hydrogen-bond acceptors (Lipinski definition) is 4. The molecule has 0 aliphatic heterocycles. The molecule has 1 aromatic carbocycles. The van der Waals surface area contributed by atoms with Crippen LogP contribution in [0.25, 0.3) is 0 Å². The van der Waals surface area contributed by atoms with Crippen LogP contribution in [0, 0.1) is 11.3 Å². The summed E-state index contributed by atoms with van der Waals surface area (Å²) in [6, 6.07) is 10.4. The average Bonchev–Trinajstić information content (AvgIpc) is 2.35. The van der Waals surface area contributed by atoms with Crippen molar-refractivity contribution < 1.29 is 9.84 Å². The molecule has 4 heteroatoms. The molecule has 0 amide bonds. The lowest BCUT2D eigenvalue weighted by molar-refractivity contribution is 0.0586. The third-order valence-electron chi connectivity index (χ3n) is 3.28. The zero-order valence-corrected chi connectivity index (χ0v) is 10.5. The summed E-state index contributed by atoms with van der Waals surface area (Å²) >= 11 is 0. The van der Waals surface area contributed by atoms with Crippen LogP contribution in [0.1, 0.15) is 31.4 Å². The fourth-order valence-corrected chi connectivity index (χ4v) is 2.14. The molecular weight excluding hydrogens is 228 g/mol. The summed E-state index contributed by atoms with van der Waals surface area (Å²) in [4.78, 5) is 0. The first kappa shape index (κ1) is 12.9. The normalized spacial score (nSPS) is 23.8. The van der Waals surface area contributed by atoms with Gasteiger partial charge < -0.3 is 15.2 Å². The molecule has 1 aliphatic rings. The Hall–Kier alpha value is -1.57. The van der Waals surface area contributed by atoms with Gasteiger partial charge in [0.15, 0.2) is 6.61 Å². The Kier molecular flexibility index (Phi) is 4.19. The number of nitrogens with one attached hydrogen (secondary N) is 1. The van der Waals surface area contributed by atoms with Gasteiger partial charge in [0.1, 0.15) is 11.8 Å². The number of aliphatic hydroxyl groups is 1. The van der Waals surface area contributed by atoms with Crippen LogP contribution in [-0.2, 0) is 0 Å². The minimum absolute atomic E-state index is 0.0765. The van der Waals surface area contributed by atoms with Gasteiger partial charge in [0.25, 0.3) is 0 Å². The molecule has 1 saturated carbocycles. The van der Waals surface area contributed by atoms with E-state index in [2.05, 4.69) is 12.2 Å². The number of aliphatic hydroxyl groups excluding tert-OH is 1. The van der Waals surface area contributed by atoms with Gasteiger partial charge in [-0.2, -0.15) is 5.26 Å². The first-order chi connectivity index (χ1) is 8.69. The van der Waals surface area contributed by atoms with Crippen molar-refractivity contribution in [3.63, 3.8) is 0 Å². The predicted molar refractivity (Wildman–Crippen MR) is 68.1 cm³/mol. The van der Waals surface area contributed by atoms with Gasteiger partial charge in [-0.05, 0) is 37.5 Å². The summed E-state index contributed by atoms with van der Waals surface area (Å²) in [5, 5.41) is 21.1. The number of rotatable bonds is 5. The van der Waals surface area contributed by atoms with Crippen molar-refractivity contribution >= 4 is 0 Å². The Bertz CT molecular complexity index is 418. The lowest BCUT2D eigenvalue weighted by Crippen LogP contribution is -2.44. The quantitative estimate of drug-likeness (QED) is 0.831. The second kappa shape index (κ2) is 5.85. The van der Waals surface area contributed by atoms with Crippen molar-refractivity contribution in [3.8, 4) is 11.8 Å². The minimum atomic E-state index is -0.128. The van der Waals surface area contributed by atoms with Crippen LogP contribution in [0.4, 0.5) is 0 Å². The Labute approximate surface area is 107 Å². The standard InChI is InChI=1S/C14H18N2O2/c1-10(16-12-8-13(17)9-12)11-2-4-14(5-3-11)18-7-6-15/h2-5,10,12-13,16-17H,7-9H2,1H3. The monoisotopic (exact) mass is 246 g/mol. The molecule has 2 rings (SSSR count). The molecule has 0 spiro atoms. The van der Waals surface area contributed by atoms with E-state index >= 15 is 0 Å². The molecule has 18 heavy (non-hydrogen) atoms. The molecule has 0 heterocycles. The van der Waals surface area contributed by atoms with Crippen LogP contribution >= 0.6 is 0 Å². The Morgan fingerprint density at radius 1 is 1.44 bits per heavy atom. The lowest BCUT2D eigenvalue weighted by Gasteiger charge is -2.34. The van der Waals surface area contributed by atoms with E-state index in [4.69, 9.17) is 10.00 Å². The number of nitriles is 1. The minimum Gasteiger partial charge on any atom is -0.479 e. The molecule has 1 atom stereocenters. The Morgan fingerprint density at radius 3 is 2.67 bits per heavy atom. The topological polar surface area (TPSA) is 65.3 Å². The highest BCUT2D eigenvalue weighted by molar-refractivity contribution is 5.29. The van der Waals surface area contributed by atoms with Gasteiger partial charge in [0.2, 0.25) is 0 Å².